The lowest BCUT2D eigenvalue weighted by Gasteiger charge is -2.44. The van der Waals surface area contributed by atoms with Crippen LogP contribution >= 0.6 is 0 Å². The molecule has 1 saturated carbocycles. The number of nitrogens with one attached hydrogen (secondary N) is 1. The predicted octanol–water partition coefficient (Wildman–Crippen LogP) is 1.51. The van der Waals surface area contributed by atoms with Crippen LogP contribution in [0.3, 0.4) is 0 Å². The van der Waals surface area contributed by atoms with E-state index in [1.54, 1.807) is 18.5 Å². The fraction of sp³-hybridized carbons (Fsp3) is 0.727. The molecule has 2 aliphatic heterocycles. The van der Waals surface area contributed by atoms with E-state index in [-0.39, 0.29) is 38.1 Å². The molecule has 1 aromatic rings. The van der Waals surface area contributed by atoms with Crippen molar-refractivity contribution in [1.82, 2.24) is 20.1 Å². The number of guanidine groups is 1. The summed E-state index contributed by atoms with van der Waals surface area (Å²) in [6, 6.07) is 2.18. The normalized spacial score (nSPS) is 30.0. The Morgan fingerprint density at radius 3 is 2.73 bits per heavy atom. The van der Waals surface area contributed by atoms with Gasteiger partial charge in [0.05, 0.1) is 19.4 Å². The zero-order valence-corrected chi connectivity index (χ0v) is 19.2. The second kappa shape index (κ2) is 11.0. The van der Waals surface area contributed by atoms with Gasteiger partial charge in [0.1, 0.15) is 6.04 Å². The summed E-state index contributed by atoms with van der Waals surface area (Å²) >= 11 is 0. The number of fused-ring (bicyclic) bond motifs is 1. The summed E-state index contributed by atoms with van der Waals surface area (Å²) in [5.41, 5.74) is 1.25. The summed E-state index contributed by atoms with van der Waals surface area (Å²) in [4.78, 5) is 12.0. The third kappa shape index (κ3) is 6.14. The molecule has 0 bridgehead atoms. The molecule has 3 fully saturated rings. The Morgan fingerprint density at radius 2 is 2.15 bits per heavy atom. The van der Waals surface area contributed by atoms with Crippen molar-refractivity contribution in [2.75, 3.05) is 39.5 Å². The lowest BCUT2D eigenvalue weighted by molar-refractivity contribution is -0.180. The number of hydrogen-bond acceptors (Lipinski definition) is 4. The van der Waals surface area contributed by atoms with Gasteiger partial charge in [-0.2, -0.15) is 13.2 Å². The molecular weight excluding hydrogens is 439 g/mol. The molecule has 4 rings (SSSR count). The van der Waals surface area contributed by atoms with E-state index in [0.717, 1.165) is 12.2 Å². The number of aromatic nitrogens is 1. The van der Waals surface area contributed by atoms with Gasteiger partial charge in [0, 0.05) is 40.0 Å². The van der Waals surface area contributed by atoms with Gasteiger partial charge in [0.2, 0.25) is 0 Å². The predicted molar refractivity (Wildman–Crippen MR) is 122 cm³/mol. The maximum absolute atomic E-state index is 13.8. The van der Waals surface area contributed by atoms with Crippen molar-refractivity contribution in [3.8, 4) is 0 Å². The summed E-state index contributed by atoms with van der Waals surface area (Å²) in [7, 11) is 0. The molecule has 11 heteroatoms. The van der Waals surface area contributed by atoms with Crippen molar-refractivity contribution in [3.63, 3.8) is 0 Å². The molecule has 2 saturated heterocycles. The van der Waals surface area contributed by atoms with Crippen molar-refractivity contribution in [1.29, 1.82) is 0 Å². The highest BCUT2D eigenvalue weighted by Crippen LogP contribution is 2.59. The summed E-state index contributed by atoms with van der Waals surface area (Å²) in [5, 5.41) is 3.28. The van der Waals surface area contributed by atoms with E-state index < -0.39 is 12.2 Å². The number of ether oxygens (including phenoxy) is 1. The van der Waals surface area contributed by atoms with E-state index in [0.29, 0.717) is 43.3 Å². The Hall–Kier alpha value is -1.95. The van der Waals surface area contributed by atoms with Crippen LogP contribution in [0.25, 0.3) is 0 Å². The lowest BCUT2D eigenvalue weighted by atomic mass is 10.1. The van der Waals surface area contributed by atoms with Crippen molar-refractivity contribution in [3.05, 3.63) is 30.1 Å². The van der Waals surface area contributed by atoms with Crippen LogP contribution < -0.4 is 5.32 Å². The van der Waals surface area contributed by atoms with E-state index in [9.17, 15) is 13.2 Å². The summed E-state index contributed by atoms with van der Waals surface area (Å²) in [6.45, 7) is 7.19. The van der Waals surface area contributed by atoms with E-state index in [1.165, 1.54) is 11.3 Å². The van der Waals surface area contributed by atoms with Gasteiger partial charge in [-0.05, 0) is 49.1 Å². The molecular formula is C22H38F3N5O3. The molecule has 190 valence electrons. The minimum absolute atomic E-state index is 0. The van der Waals surface area contributed by atoms with Gasteiger partial charge in [-0.1, -0.05) is 13.0 Å². The van der Waals surface area contributed by atoms with Crippen molar-refractivity contribution in [2.45, 2.75) is 51.4 Å². The summed E-state index contributed by atoms with van der Waals surface area (Å²) in [6.07, 6.45) is 0.995. The van der Waals surface area contributed by atoms with Crippen LogP contribution in [0, 0.1) is 11.3 Å². The minimum atomic E-state index is -4.29. The Bertz CT molecular complexity index is 789. The van der Waals surface area contributed by atoms with Crippen LogP contribution in [0.5, 0.6) is 0 Å². The zero-order chi connectivity index (χ0) is 22.1. The maximum atomic E-state index is 13.8. The number of pyridine rings is 1. The monoisotopic (exact) mass is 477 g/mol. The van der Waals surface area contributed by atoms with Gasteiger partial charge in [0.25, 0.3) is 0 Å². The number of hydrogen-bond donors (Lipinski definition) is 1. The molecule has 0 aromatic carbocycles. The SMILES string of the molecule is CCN1CC[C@@H](C(F)(F)F)N(CCc2cccnc2)/C1=N/CNC[C@H]1OCC2(C)CC12.O.O.[HH]. The molecule has 1 aliphatic carbocycles. The van der Waals surface area contributed by atoms with Crippen molar-refractivity contribution in [2.24, 2.45) is 16.3 Å². The second-order valence-electron chi connectivity index (χ2n) is 9.11. The third-order valence-corrected chi connectivity index (χ3v) is 6.89. The van der Waals surface area contributed by atoms with Gasteiger partial charge in [-0.15, -0.1) is 0 Å². The first-order chi connectivity index (χ1) is 14.8. The first-order valence-electron chi connectivity index (χ1n) is 11.2. The van der Waals surface area contributed by atoms with Crippen LogP contribution in [-0.2, 0) is 11.2 Å². The number of alkyl halides is 3. The quantitative estimate of drug-likeness (QED) is 0.570. The van der Waals surface area contributed by atoms with E-state index in [4.69, 9.17) is 4.74 Å². The molecule has 1 aromatic heterocycles. The second-order valence-corrected chi connectivity index (χ2v) is 9.11. The van der Waals surface area contributed by atoms with Gasteiger partial charge >= 0.3 is 6.18 Å². The van der Waals surface area contributed by atoms with Crippen LogP contribution in [0.1, 0.15) is 33.7 Å². The van der Waals surface area contributed by atoms with E-state index in [1.807, 2.05) is 17.9 Å². The number of aliphatic imine (C=N–C) groups is 1. The Balaban J connectivity index is 0.00000193. The average Bonchev–Trinajstić information content (AvgIpc) is 3.33. The largest absolute Gasteiger partial charge is 0.412 e. The maximum Gasteiger partial charge on any atom is 0.408 e. The molecule has 2 unspecified atom stereocenters. The van der Waals surface area contributed by atoms with Gasteiger partial charge in [-0.25, -0.2) is 4.99 Å². The van der Waals surface area contributed by atoms with Crippen molar-refractivity contribution >= 4 is 5.96 Å². The molecule has 3 aliphatic rings. The van der Waals surface area contributed by atoms with E-state index >= 15 is 0 Å². The molecule has 0 spiro atoms. The third-order valence-electron chi connectivity index (χ3n) is 6.89. The van der Waals surface area contributed by atoms with Gasteiger partial charge < -0.3 is 25.5 Å². The Kier molecular flexibility index (Phi) is 9.09. The molecule has 5 N–H and O–H groups in total. The zero-order valence-electron chi connectivity index (χ0n) is 19.2. The highest BCUT2D eigenvalue weighted by atomic mass is 19.4. The minimum Gasteiger partial charge on any atom is -0.412 e. The fourth-order valence-electron chi connectivity index (χ4n) is 4.87. The number of rotatable bonds is 8. The van der Waals surface area contributed by atoms with Crippen LogP contribution in [-0.4, -0.2) is 89.5 Å². The summed E-state index contributed by atoms with van der Waals surface area (Å²) < 4.78 is 47.4. The smallest absolute Gasteiger partial charge is 0.408 e. The Morgan fingerprint density at radius 1 is 1.36 bits per heavy atom. The van der Waals surface area contributed by atoms with Crippen molar-refractivity contribution < 1.29 is 30.3 Å². The number of nitrogens with zero attached hydrogens (tertiary/aromatic N) is 4. The standard InChI is InChI=1S/C22H32F3N5O.2H2O.H2/c1-3-29-9-7-19(22(23,24)25)30(10-6-16-5-4-8-26-12-16)20(29)28-15-27-13-18-17-11-21(17,2)14-31-18;;;/h4-5,8,12,17-19,27H,3,6-7,9-11,13-15H2,1-2H3;2*1H2;1H/b28-20+;;;/t17?,18-,19+,21?;;;/m1.../s1. The Labute approximate surface area is 194 Å². The first kappa shape index (κ1) is 27.3. The highest BCUT2D eigenvalue weighted by Gasteiger charge is 2.59. The molecule has 8 nitrogen and oxygen atoms in total. The van der Waals surface area contributed by atoms with Crippen LogP contribution in [0.15, 0.2) is 29.5 Å². The molecule has 0 radical (unpaired) electrons. The average molecular weight is 478 g/mol. The lowest BCUT2D eigenvalue weighted by Crippen LogP contribution is -2.60. The first-order valence-corrected chi connectivity index (χ1v) is 11.2. The molecule has 0 amide bonds. The van der Waals surface area contributed by atoms with Gasteiger partial charge in [-0.3, -0.25) is 10.3 Å². The molecule has 4 atom stereocenters. The summed E-state index contributed by atoms with van der Waals surface area (Å²) in [5.74, 6) is 1.02. The fourth-order valence-corrected chi connectivity index (χ4v) is 4.87. The number of halogens is 3. The molecule has 33 heavy (non-hydrogen) atoms. The molecule has 3 heterocycles. The van der Waals surface area contributed by atoms with Gasteiger partial charge in [0.15, 0.2) is 5.96 Å². The van der Waals surface area contributed by atoms with E-state index in [2.05, 4.69) is 22.2 Å². The van der Waals surface area contributed by atoms with Crippen LogP contribution in [0.4, 0.5) is 13.2 Å². The van der Waals surface area contributed by atoms with Crippen LogP contribution in [0.2, 0.25) is 0 Å². The topological polar surface area (TPSA) is 116 Å². The highest BCUT2D eigenvalue weighted by molar-refractivity contribution is 5.81.